The largest absolute Gasteiger partial charge is 0.548 e. The van der Waals surface area contributed by atoms with Crippen molar-refractivity contribution in [3.63, 3.8) is 0 Å². The maximum Gasteiger partial charge on any atom is 0.339 e. The zero-order valence-corrected chi connectivity index (χ0v) is 19.8. The second kappa shape index (κ2) is 9.07. The molecule has 0 bridgehead atoms. The van der Waals surface area contributed by atoms with E-state index in [2.05, 4.69) is 10.3 Å². The predicted octanol–water partition coefficient (Wildman–Crippen LogP) is 2.02. The highest BCUT2D eigenvalue weighted by molar-refractivity contribution is 5.91. The Kier molecular flexibility index (Phi) is 5.91. The van der Waals surface area contributed by atoms with Crippen LogP contribution in [0.2, 0.25) is 0 Å². The third kappa shape index (κ3) is 4.28. The molecule has 4 aromatic rings. The highest BCUT2D eigenvalue weighted by atomic mass is 16.5. The second-order valence-corrected chi connectivity index (χ2v) is 9.22. The number of hydrogen-bond donors (Lipinski definition) is 3. The van der Waals surface area contributed by atoms with Gasteiger partial charge in [-0.2, -0.15) is 0 Å². The van der Waals surface area contributed by atoms with E-state index in [4.69, 9.17) is 9.15 Å². The number of phenols is 1. The average molecular weight is 490 g/mol. The van der Waals surface area contributed by atoms with E-state index in [1.807, 2.05) is 6.92 Å². The van der Waals surface area contributed by atoms with Gasteiger partial charge in [0.2, 0.25) is 0 Å². The lowest BCUT2D eigenvalue weighted by Crippen LogP contribution is -2.52. The molecule has 9 heteroatoms. The van der Waals surface area contributed by atoms with Crippen LogP contribution in [0.1, 0.15) is 35.6 Å². The number of aromatic nitrogens is 1. The minimum Gasteiger partial charge on any atom is -0.548 e. The van der Waals surface area contributed by atoms with Crippen LogP contribution in [0.5, 0.6) is 11.5 Å². The number of fused-ring (bicyclic) bond motifs is 4. The lowest BCUT2D eigenvalue weighted by atomic mass is 10.0. The summed E-state index contributed by atoms with van der Waals surface area (Å²) in [5.41, 5.74) is 3.70. The Bertz CT molecular complexity index is 1570. The summed E-state index contributed by atoms with van der Waals surface area (Å²) in [5.74, 6) is -1.61. The van der Waals surface area contributed by atoms with E-state index >= 15 is 0 Å². The minimum atomic E-state index is -1.44. The van der Waals surface area contributed by atoms with Crippen molar-refractivity contribution in [1.29, 1.82) is 0 Å². The number of nitrogens with one attached hydrogen (secondary N) is 2. The van der Waals surface area contributed by atoms with Crippen LogP contribution in [0.4, 0.5) is 0 Å². The number of ether oxygens (including phenoxy) is 1. The molecule has 0 spiro atoms. The summed E-state index contributed by atoms with van der Waals surface area (Å²) >= 11 is 0. The molecule has 36 heavy (non-hydrogen) atoms. The van der Waals surface area contributed by atoms with Crippen LogP contribution < -0.4 is 20.8 Å². The first-order chi connectivity index (χ1) is 17.2. The topological polar surface area (TPSA) is 145 Å². The number of aryl methyl sites for hydroxylation is 2. The van der Waals surface area contributed by atoms with Crippen molar-refractivity contribution < 1.29 is 29.0 Å². The standard InChI is InChI=1S/C27H26N2O7/c1-13-8-22(24-17-4-3-5-18(17)27(34)36-23(24)9-13)35-14(2)25(31)29-21(26(32)33)10-15-12-28-20-7-6-16(30)11-19(15)20/h6-9,11-12,14,21,28,30H,3-5,10H2,1-2H3,(H,29,31)(H,32,33)/p-1/t14-,21+/m0/s1. The maximum absolute atomic E-state index is 13.0. The molecule has 2 heterocycles. The summed E-state index contributed by atoms with van der Waals surface area (Å²) in [5, 5.41) is 25.5. The van der Waals surface area contributed by atoms with E-state index in [1.165, 1.54) is 19.1 Å². The number of aromatic hydroxyl groups is 1. The third-order valence-electron chi connectivity index (χ3n) is 6.63. The Morgan fingerprint density at radius 3 is 2.78 bits per heavy atom. The van der Waals surface area contributed by atoms with E-state index in [0.29, 0.717) is 46.1 Å². The van der Waals surface area contributed by atoms with Gasteiger partial charge in [-0.3, -0.25) is 4.79 Å². The molecular weight excluding hydrogens is 464 g/mol. The van der Waals surface area contributed by atoms with Crippen molar-refractivity contribution in [2.45, 2.75) is 51.7 Å². The smallest absolute Gasteiger partial charge is 0.339 e. The summed E-state index contributed by atoms with van der Waals surface area (Å²) in [4.78, 5) is 40.2. The zero-order chi connectivity index (χ0) is 25.6. The van der Waals surface area contributed by atoms with Gasteiger partial charge in [-0.1, -0.05) is 0 Å². The fourth-order valence-electron chi connectivity index (χ4n) is 4.88. The molecule has 186 valence electrons. The SMILES string of the molecule is Cc1cc(O[C@@H](C)C(=O)N[C@H](Cc2c[nH]c3ccc(O)cc23)C(=O)[O-])c2c3c(c(=O)oc2c1)CCC3. The first-order valence-corrected chi connectivity index (χ1v) is 11.8. The molecule has 0 aliphatic heterocycles. The van der Waals surface area contributed by atoms with Crippen molar-refractivity contribution in [1.82, 2.24) is 10.3 Å². The molecule has 0 radical (unpaired) electrons. The predicted molar refractivity (Wildman–Crippen MR) is 130 cm³/mol. The van der Waals surface area contributed by atoms with Crippen molar-refractivity contribution in [3.8, 4) is 11.5 Å². The molecular formula is C27H25N2O7-. The van der Waals surface area contributed by atoms with Crippen molar-refractivity contribution in [2.24, 2.45) is 0 Å². The zero-order valence-electron chi connectivity index (χ0n) is 19.8. The first kappa shape index (κ1) is 23.5. The van der Waals surface area contributed by atoms with Gasteiger partial charge in [0, 0.05) is 29.1 Å². The molecule has 2 aromatic carbocycles. The molecule has 3 N–H and O–H groups in total. The Balaban J connectivity index is 1.38. The fourth-order valence-corrected chi connectivity index (χ4v) is 4.88. The number of rotatable bonds is 7. The normalized spacial score (nSPS) is 14.5. The summed E-state index contributed by atoms with van der Waals surface area (Å²) in [6.45, 7) is 3.36. The number of hydrogen-bond acceptors (Lipinski definition) is 7. The number of carboxylic acid groups (broad SMARTS) is 1. The van der Waals surface area contributed by atoms with Gasteiger partial charge in [0.1, 0.15) is 17.1 Å². The van der Waals surface area contributed by atoms with Crippen molar-refractivity contribution >= 4 is 33.7 Å². The number of phenolic OH excluding ortho intramolecular Hbond substituents is 1. The number of amides is 1. The Labute approximate surface area is 205 Å². The van der Waals surface area contributed by atoms with E-state index in [1.54, 1.807) is 24.4 Å². The number of carbonyl (C=O) groups excluding carboxylic acids is 2. The maximum atomic E-state index is 13.0. The second-order valence-electron chi connectivity index (χ2n) is 9.22. The summed E-state index contributed by atoms with van der Waals surface area (Å²) < 4.78 is 11.5. The molecule has 2 atom stereocenters. The van der Waals surface area contributed by atoms with E-state index < -0.39 is 24.0 Å². The van der Waals surface area contributed by atoms with Gasteiger partial charge in [-0.05, 0) is 80.1 Å². The van der Waals surface area contributed by atoms with Gasteiger partial charge in [0.25, 0.3) is 5.91 Å². The van der Waals surface area contributed by atoms with Crippen LogP contribution in [-0.4, -0.2) is 34.1 Å². The number of benzene rings is 2. The number of aromatic amines is 1. The van der Waals surface area contributed by atoms with Gasteiger partial charge in [-0.25, -0.2) is 4.79 Å². The highest BCUT2D eigenvalue weighted by Gasteiger charge is 2.26. The molecule has 5 rings (SSSR count). The van der Waals surface area contributed by atoms with E-state index in [-0.39, 0.29) is 17.8 Å². The van der Waals surface area contributed by atoms with E-state index in [0.717, 1.165) is 23.1 Å². The number of aliphatic carboxylic acids is 1. The molecule has 1 amide bonds. The Morgan fingerprint density at radius 1 is 1.22 bits per heavy atom. The van der Waals surface area contributed by atoms with Crippen LogP contribution in [0.15, 0.2) is 45.7 Å². The molecule has 1 aliphatic carbocycles. The number of H-pyrrole nitrogens is 1. The fraction of sp³-hybridized carbons (Fsp3) is 0.296. The molecule has 0 saturated heterocycles. The van der Waals surface area contributed by atoms with Gasteiger partial charge < -0.3 is 34.5 Å². The molecule has 0 saturated carbocycles. The molecule has 1 aliphatic rings. The summed E-state index contributed by atoms with van der Waals surface area (Å²) in [6, 6.07) is 6.95. The Hall–Kier alpha value is -4.27. The highest BCUT2D eigenvalue weighted by Crippen LogP contribution is 2.35. The van der Waals surface area contributed by atoms with Crippen LogP contribution in [-0.2, 0) is 28.9 Å². The molecule has 9 nitrogen and oxygen atoms in total. The third-order valence-corrected chi connectivity index (χ3v) is 6.63. The number of carbonyl (C=O) groups is 2. The van der Waals surface area contributed by atoms with Gasteiger partial charge >= 0.3 is 5.63 Å². The van der Waals surface area contributed by atoms with Gasteiger partial charge in [0.15, 0.2) is 6.10 Å². The number of carboxylic acids is 1. The monoisotopic (exact) mass is 489 g/mol. The average Bonchev–Trinajstić information content (AvgIpc) is 3.46. The quantitative estimate of drug-likeness (QED) is 0.337. The molecule has 0 fully saturated rings. The van der Waals surface area contributed by atoms with Crippen molar-refractivity contribution in [2.75, 3.05) is 0 Å². The lowest BCUT2D eigenvalue weighted by Gasteiger charge is -2.23. The summed E-state index contributed by atoms with van der Waals surface area (Å²) in [6.07, 6.45) is 2.74. The first-order valence-electron chi connectivity index (χ1n) is 11.8. The van der Waals surface area contributed by atoms with Gasteiger partial charge in [-0.15, -0.1) is 0 Å². The van der Waals surface area contributed by atoms with Crippen LogP contribution in [0, 0.1) is 6.92 Å². The molecule has 2 aromatic heterocycles. The van der Waals surface area contributed by atoms with Gasteiger partial charge in [0.05, 0.1) is 17.4 Å². The van der Waals surface area contributed by atoms with Crippen LogP contribution >= 0.6 is 0 Å². The van der Waals surface area contributed by atoms with Crippen molar-refractivity contribution in [3.05, 3.63) is 69.2 Å². The van der Waals surface area contributed by atoms with Crippen LogP contribution in [0.3, 0.4) is 0 Å². The molecule has 0 unspecified atom stereocenters. The Morgan fingerprint density at radius 2 is 2.00 bits per heavy atom. The lowest BCUT2D eigenvalue weighted by molar-refractivity contribution is -0.308. The van der Waals surface area contributed by atoms with E-state index in [9.17, 15) is 24.6 Å². The van der Waals surface area contributed by atoms with Crippen LogP contribution in [0.25, 0.3) is 21.9 Å². The minimum absolute atomic E-state index is 0.0453. The summed E-state index contributed by atoms with van der Waals surface area (Å²) in [7, 11) is 0.